The van der Waals surface area contributed by atoms with Crippen LogP contribution in [0.4, 0.5) is 0 Å². The zero-order chi connectivity index (χ0) is 21.4. The summed E-state index contributed by atoms with van der Waals surface area (Å²) in [5, 5.41) is 19.2. The molecule has 0 aliphatic heterocycles. The number of nitrogens with two attached hydrogens (primary N) is 1. The molecule has 3 N–H and O–H groups in total. The van der Waals surface area contributed by atoms with Gasteiger partial charge in [0, 0.05) is 28.4 Å². The number of amides is 1. The van der Waals surface area contributed by atoms with Crippen LogP contribution < -0.4 is 5.73 Å². The van der Waals surface area contributed by atoms with E-state index in [1.54, 1.807) is 48.5 Å². The Morgan fingerprint density at radius 3 is 2.13 bits per heavy atom. The fourth-order valence-electron chi connectivity index (χ4n) is 3.79. The predicted molar refractivity (Wildman–Crippen MR) is 110 cm³/mol. The van der Waals surface area contributed by atoms with E-state index >= 15 is 0 Å². The third kappa shape index (κ3) is 2.97. The second-order valence-corrected chi connectivity index (χ2v) is 6.80. The number of hydrogen-bond donors (Lipinski definition) is 2. The fourth-order valence-corrected chi connectivity index (χ4v) is 3.79. The number of primary amides is 1. The van der Waals surface area contributed by atoms with Crippen molar-refractivity contribution < 1.29 is 19.5 Å². The third-order valence-electron chi connectivity index (χ3n) is 5.02. The summed E-state index contributed by atoms with van der Waals surface area (Å²) in [5.74, 6) is -3.32. The molecule has 0 spiro atoms. The average Bonchev–Trinajstić information content (AvgIpc) is 3.07. The lowest BCUT2D eigenvalue weighted by Crippen LogP contribution is -2.14. The molecule has 30 heavy (non-hydrogen) atoms. The topological polar surface area (TPSA) is 126 Å². The molecule has 0 atom stereocenters. The van der Waals surface area contributed by atoms with Crippen LogP contribution in [-0.4, -0.2) is 27.3 Å². The Kier molecular flexibility index (Phi) is 4.53. The molecule has 4 aromatic rings. The first kappa shape index (κ1) is 18.9. The monoisotopic (exact) mass is 397 g/mol. The number of aromatic nitrogens is 1. The first-order chi connectivity index (χ1) is 14.4. The van der Waals surface area contributed by atoms with Gasteiger partial charge in [0.15, 0.2) is 0 Å². The van der Waals surface area contributed by atoms with Gasteiger partial charge >= 0.3 is 5.97 Å². The van der Waals surface area contributed by atoms with E-state index in [2.05, 4.69) is 6.07 Å². The summed E-state index contributed by atoms with van der Waals surface area (Å²) in [4.78, 5) is 35.9. The van der Waals surface area contributed by atoms with Crippen LogP contribution in [0.2, 0.25) is 0 Å². The molecule has 0 saturated carbocycles. The number of aliphatic carboxylic acids is 1. The summed E-state index contributed by atoms with van der Waals surface area (Å²) in [7, 11) is 0. The largest absolute Gasteiger partial charge is 0.475 e. The number of ketones is 1. The van der Waals surface area contributed by atoms with Gasteiger partial charge in [0.05, 0.1) is 22.7 Å². The molecule has 0 fully saturated rings. The van der Waals surface area contributed by atoms with E-state index in [4.69, 9.17) is 5.73 Å². The Hall–Kier alpha value is -4.44. The molecule has 1 aromatic heterocycles. The summed E-state index contributed by atoms with van der Waals surface area (Å²) in [6.07, 6.45) is 0. The summed E-state index contributed by atoms with van der Waals surface area (Å²) < 4.78 is 1.88. The lowest BCUT2D eigenvalue weighted by Gasteiger charge is -2.09. The second-order valence-electron chi connectivity index (χ2n) is 6.80. The van der Waals surface area contributed by atoms with E-state index in [1.165, 1.54) is 6.07 Å². The Bertz CT molecular complexity index is 1410. The zero-order valence-corrected chi connectivity index (χ0v) is 15.6. The van der Waals surface area contributed by atoms with Gasteiger partial charge in [-0.25, -0.2) is 4.79 Å². The molecule has 1 heterocycles. The first-order valence-corrected chi connectivity index (χ1v) is 9.02. The van der Waals surface area contributed by atoms with Crippen molar-refractivity contribution in [3.8, 4) is 6.07 Å². The maximum absolute atomic E-state index is 12.4. The minimum absolute atomic E-state index is 0.0109. The second kappa shape index (κ2) is 7.18. The molecule has 7 nitrogen and oxygen atoms in total. The first-order valence-electron chi connectivity index (χ1n) is 9.02. The molecule has 0 radical (unpaired) electrons. The number of rotatable bonds is 5. The molecule has 146 valence electrons. The summed E-state index contributed by atoms with van der Waals surface area (Å²) in [6, 6.07) is 19.0. The maximum atomic E-state index is 12.4. The van der Waals surface area contributed by atoms with Gasteiger partial charge in [0.1, 0.15) is 0 Å². The van der Waals surface area contributed by atoms with Crippen LogP contribution >= 0.6 is 0 Å². The highest BCUT2D eigenvalue weighted by Gasteiger charge is 2.24. The average molecular weight is 397 g/mol. The van der Waals surface area contributed by atoms with E-state index in [9.17, 15) is 24.8 Å². The standard InChI is InChI=1S/C23H15N3O4/c24-11-13-4-1-5-14(10-13)12-26-17-8-2-6-15(21(27)23(29)30)19(17)20-16(22(25)28)7-3-9-18(20)26/h1-10H,12H2,(H2,25,28)(H,29,30). The van der Waals surface area contributed by atoms with Gasteiger partial charge in [-0.2, -0.15) is 5.26 Å². The predicted octanol–water partition coefficient (Wildman–Crippen LogP) is 3.08. The normalized spacial score (nSPS) is 10.8. The number of carbonyl (C=O) groups excluding carboxylic acids is 2. The van der Waals surface area contributed by atoms with Crippen molar-refractivity contribution in [2.24, 2.45) is 5.73 Å². The SMILES string of the molecule is N#Cc1cccc(Cn2c3cccc(C(N)=O)c3c3c(C(=O)C(=O)O)cccc32)c1. The van der Waals surface area contributed by atoms with Crippen molar-refractivity contribution in [1.82, 2.24) is 4.57 Å². The molecule has 0 aliphatic rings. The minimum Gasteiger partial charge on any atom is -0.475 e. The number of carboxylic acids is 1. The number of nitrogens with zero attached hydrogens (tertiary/aromatic N) is 2. The van der Waals surface area contributed by atoms with Gasteiger partial charge in [-0.3, -0.25) is 9.59 Å². The van der Waals surface area contributed by atoms with Gasteiger partial charge in [0.2, 0.25) is 5.91 Å². The highest BCUT2D eigenvalue weighted by molar-refractivity contribution is 6.43. The Labute approximate surface area is 170 Å². The Morgan fingerprint density at radius 2 is 1.53 bits per heavy atom. The van der Waals surface area contributed by atoms with Gasteiger partial charge in [-0.15, -0.1) is 0 Å². The Morgan fingerprint density at radius 1 is 0.933 bits per heavy atom. The summed E-state index contributed by atoms with van der Waals surface area (Å²) in [6.45, 7) is 0.350. The van der Waals surface area contributed by atoms with E-state index < -0.39 is 17.7 Å². The number of fused-ring (bicyclic) bond motifs is 3. The van der Waals surface area contributed by atoms with Crippen LogP contribution in [0.5, 0.6) is 0 Å². The number of benzene rings is 3. The maximum Gasteiger partial charge on any atom is 0.377 e. The van der Waals surface area contributed by atoms with Crippen molar-refractivity contribution in [3.05, 3.63) is 82.9 Å². The van der Waals surface area contributed by atoms with Crippen LogP contribution in [0.1, 0.15) is 31.8 Å². The lowest BCUT2D eigenvalue weighted by atomic mass is 9.99. The van der Waals surface area contributed by atoms with Gasteiger partial charge in [0.25, 0.3) is 5.78 Å². The third-order valence-corrected chi connectivity index (χ3v) is 5.02. The highest BCUT2D eigenvalue weighted by atomic mass is 16.4. The number of hydrogen-bond acceptors (Lipinski definition) is 4. The van der Waals surface area contributed by atoms with Crippen molar-refractivity contribution in [2.45, 2.75) is 6.54 Å². The smallest absolute Gasteiger partial charge is 0.377 e. The zero-order valence-electron chi connectivity index (χ0n) is 15.6. The molecular weight excluding hydrogens is 382 g/mol. The molecule has 7 heteroatoms. The molecule has 0 saturated heterocycles. The van der Waals surface area contributed by atoms with Crippen molar-refractivity contribution in [1.29, 1.82) is 5.26 Å². The fraction of sp³-hybridized carbons (Fsp3) is 0.0435. The van der Waals surface area contributed by atoms with Crippen LogP contribution in [0.15, 0.2) is 60.7 Å². The minimum atomic E-state index is -1.58. The molecule has 0 unspecified atom stereocenters. The van der Waals surface area contributed by atoms with Crippen molar-refractivity contribution in [2.75, 3.05) is 0 Å². The van der Waals surface area contributed by atoms with E-state index in [1.807, 2.05) is 10.6 Å². The molecule has 4 rings (SSSR count). The molecule has 3 aromatic carbocycles. The summed E-state index contributed by atoms with van der Waals surface area (Å²) >= 11 is 0. The van der Waals surface area contributed by atoms with Crippen LogP contribution in [0, 0.1) is 11.3 Å². The number of carboxylic acid groups (broad SMARTS) is 1. The lowest BCUT2D eigenvalue weighted by molar-refractivity contribution is -0.131. The van der Waals surface area contributed by atoms with Crippen LogP contribution in [-0.2, 0) is 11.3 Å². The quantitative estimate of drug-likeness (QED) is 0.395. The van der Waals surface area contributed by atoms with E-state index in [0.717, 1.165) is 5.56 Å². The van der Waals surface area contributed by atoms with E-state index in [0.29, 0.717) is 33.9 Å². The number of nitriles is 1. The van der Waals surface area contributed by atoms with Crippen molar-refractivity contribution >= 4 is 39.5 Å². The van der Waals surface area contributed by atoms with Gasteiger partial charge < -0.3 is 15.4 Å². The molecule has 0 aliphatic carbocycles. The van der Waals surface area contributed by atoms with Crippen molar-refractivity contribution in [3.63, 3.8) is 0 Å². The van der Waals surface area contributed by atoms with E-state index in [-0.39, 0.29) is 11.1 Å². The number of carbonyl (C=O) groups is 3. The highest BCUT2D eigenvalue weighted by Crippen LogP contribution is 2.35. The summed E-state index contributed by atoms with van der Waals surface area (Å²) in [5.41, 5.74) is 8.33. The Balaban J connectivity index is 2.10. The van der Waals surface area contributed by atoms with Gasteiger partial charge in [-0.1, -0.05) is 24.3 Å². The van der Waals surface area contributed by atoms with Crippen LogP contribution in [0.3, 0.4) is 0 Å². The van der Waals surface area contributed by atoms with Gasteiger partial charge in [-0.05, 0) is 42.0 Å². The van der Waals surface area contributed by atoms with Crippen LogP contribution in [0.25, 0.3) is 21.8 Å². The number of Topliss-reactive ketones (excluding diaryl/α,β-unsaturated/α-hetero) is 1. The molecule has 0 bridgehead atoms. The molecule has 1 amide bonds. The molecular formula is C23H15N3O4.